The number of carbonyl (C=O) groups is 3. The Hall–Kier alpha value is -2.57. The molecule has 2 N–H and O–H groups in total. The zero-order valence-corrected chi connectivity index (χ0v) is 16.2. The number of amides is 2. The van der Waals surface area contributed by atoms with Gasteiger partial charge in [-0.3, -0.25) is 9.59 Å². The van der Waals surface area contributed by atoms with E-state index < -0.39 is 29.9 Å². The molecule has 8 heteroatoms. The van der Waals surface area contributed by atoms with Crippen LogP contribution in [0.15, 0.2) is 48.5 Å². The first-order chi connectivity index (χ1) is 12.8. The Morgan fingerprint density at radius 3 is 2.33 bits per heavy atom. The lowest BCUT2D eigenvalue weighted by Gasteiger charge is -2.18. The van der Waals surface area contributed by atoms with Crippen molar-refractivity contribution in [3.8, 4) is 0 Å². The standard InChI is InChI=1S/C19H18Cl2N2O4/c1-11(22-18(25)13-6-4-3-5-7-13)19(26)27-12(2)17(24)23-16-10-14(20)8-9-15(16)21/h3-12H,1-2H3,(H,22,25)(H,23,24)/t11-,12+/m0/s1. The van der Waals surface area contributed by atoms with Gasteiger partial charge in [0.05, 0.1) is 10.7 Å². The molecule has 6 nitrogen and oxygen atoms in total. The summed E-state index contributed by atoms with van der Waals surface area (Å²) in [4.78, 5) is 36.4. The Bertz CT molecular complexity index is 843. The van der Waals surface area contributed by atoms with E-state index in [1.807, 2.05) is 0 Å². The van der Waals surface area contributed by atoms with Gasteiger partial charge in [0.1, 0.15) is 6.04 Å². The fourth-order valence-electron chi connectivity index (χ4n) is 2.09. The van der Waals surface area contributed by atoms with Crippen LogP contribution in [0.3, 0.4) is 0 Å². The van der Waals surface area contributed by atoms with Gasteiger partial charge >= 0.3 is 5.97 Å². The Kier molecular flexibility index (Phi) is 7.21. The van der Waals surface area contributed by atoms with Crippen LogP contribution in [-0.2, 0) is 14.3 Å². The average molecular weight is 409 g/mol. The van der Waals surface area contributed by atoms with E-state index >= 15 is 0 Å². The summed E-state index contributed by atoms with van der Waals surface area (Å²) in [6.07, 6.45) is -1.09. The minimum atomic E-state index is -1.09. The first kappa shape index (κ1) is 20.7. The Morgan fingerprint density at radius 1 is 1.00 bits per heavy atom. The molecule has 0 heterocycles. The highest BCUT2D eigenvalue weighted by Gasteiger charge is 2.24. The predicted octanol–water partition coefficient (Wildman–Crippen LogP) is 3.68. The number of esters is 1. The summed E-state index contributed by atoms with van der Waals surface area (Å²) >= 11 is 11.9. The van der Waals surface area contributed by atoms with Crippen molar-refractivity contribution in [2.75, 3.05) is 5.32 Å². The monoisotopic (exact) mass is 408 g/mol. The van der Waals surface area contributed by atoms with Crippen LogP contribution in [0.25, 0.3) is 0 Å². The molecular formula is C19H18Cl2N2O4. The number of rotatable bonds is 6. The minimum Gasteiger partial charge on any atom is -0.451 e. The summed E-state index contributed by atoms with van der Waals surface area (Å²) in [5.41, 5.74) is 0.723. The Labute approximate surface area is 166 Å². The Morgan fingerprint density at radius 2 is 1.67 bits per heavy atom. The molecule has 2 aromatic rings. The highest BCUT2D eigenvalue weighted by Crippen LogP contribution is 2.25. The van der Waals surface area contributed by atoms with Crippen molar-refractivity contribution >= 4 is 46.7 Å². The van der Waals surface area contributed by atoms with E-state index in [1.54, 1.807) is 36.4 Å². The first-order valence-corrected chi connectivity index (χ1v) is 8.86. The molecule has 2 atom stereocenters. The molecule has 0 saturated carbocycles. The highest BCUT2D eigenvalue weighted by atomic mass is 35.5. The second-order valence-corrected chi connectivity index (χ2v) is 6.60. The number of ether oxygens (including phenoxy) is 1. The number of hydrogen-bond donors (Lipinski definition) is 2. The molecule has 2 rings (SSSR count). The lowest BCUT2D eigenvalue weighted by Crippen LogP contribution is -2.42. The van der Waals surface area contributed by atoms with Gasteiger partial charge in [-0.15, -0.1) is 0 Å². The van der Waals surface area contributed by atoms with Gasteiger partial charge in [0.25, 0.3) is 11.8 Å². The van der Waals surface area contributed by atoms with E-state index in [4.69, 9.17) is 27.9 Å². The van der Waals surface area contributed by atoms with E-state index in [2.05, 4.69) is 10.6 Å². The lowest BCUT2D eigenvalue weighted by atomic mass is 10.2. The summed E-state index contributed by atoms with van der Waals surface area (Å²) in [6.45, 7) is 2.89. The summed E-state index contributed by atoms with van der Waals surface area (Å²) in [5, 5.41) is 5.76. The summed E-state index contributed by atoms with van der Waals surface area (Å²) in [6, 6.07) is 12.1. The number of hydrogen-bond acceptors (Lipinski definition) is 4. The van der Waals surface area contributed by atoms with E-state index in [0.29, 0.717) is 21.3 Å². The number of nitrogens with one attached hydrogen (secondary N) is 2. The Balaban J connectivity index is 1.91. The van der Waals surface area contributed by atoms with Crippen molar-refractivity contribution in [3.63, 3.8) is 0 Å². The maximum atomic E-state index is 12.2. The molecule has 0 unspecified atom stereocenters. The summed E-state index contributed by atoms with van der Waals surface area (Å²) in [5.74, 6) is -1.73. The number of carbonyl (C=O) groups excluding carboxylic acids is 3. The van der Waals surface area contributed by atoms with Crippen molar-refractivity contribution < 1.29 is 19.1 Å². The van der Waals surface area contributed by atoms with Crippen molar-refractivity contribution in [3.05, 3.63) is 64.1 Å². The van der Waals surface area contributed by atoms with Gasteiger partial charge in [-0.1, -0.05) is 41.4 Å². The van der Waals surface area contributed by atoms with E-state index in [0.717, 1.165) is 0 Å². The zero-order chi connectivity index (χ0) is 20.0. The average Bonchev–Trinajstić information content (AvgIpc) is 2.65. The summed E-state index contributed by atoms with van der Waals surface area (Å²) < 4.78 is 5.11. The van der Waals surface area contributed by atoms with Gasteiger partial charge in [0.15, 0.2) is 6.10 Å². The molecule has 0 aliphatic heterocycles. The smallest absolute Gasteiger partial charge is 0.329 e. The first-order valence-electron chi connectivity index (χ1n) is 8.10. The molecule has 27 heavy (non-hydrogen) atoms. The van der Waals surface area contributed by atoms with E-state index in [1.165, 1.54) is 26.0 Å². The molecule has 2 aromatic carbocycles. The molecule has 0 fully saturated rings. The molecule has 142 valence electrons. The van der Waals surface area contributed by atoms with Crippen LogP contribution < -0.4 is 10.6 Å². The molecule has 0 aliphatic carbocycles. The van der Waals surface area contributed by atoms with Crippen molar-refractivity contribution in [2.45, 2.75) is 26.0 Å². The largest absolute Gasteiger partial charge is 0.451 e. The predicted molar refractivity (Wildman–Crippen MR) is 104 cm³/mol. The van der Waals surface area contributed by atoms with Crippen LogP contribution in [0.5, 0.6) is 0 Å². The number of halogens is 2. The van der Waals surface area contributed by atoms with Crippen LogP contribution in [0, 0.1) is 0 Å². The van der Waals surface area contributed by atoms with E-state index in [9.17, 15) is 14.4 Å². The lowest BCUT2D eigenvalue weighted by molar-refractivity contribution is -0.154. The molecule has 0 aliphatic rings. The van der Waals surface area contributed by atoms with Gasteiger partial charge in [0, 0.05) is 10.6 Å². The SMILES string of the molecule is C[C@H](NC(=O)c1ccccc1)C(=O)O[C@H](C)C(=O)Nc1cc(Cl)ccc1Cl. The minimum absolute atomic E-state index is 0.301. The zero-order valence-electron chi connectivity index (χ0n) is 14.7. The second kappa shape index (κ2) is 9.39. The van der Waals surface area contributed by atoms with Crippen LogP contribution in [-0.4, -0.2) is 29.9 Å². The second-order valence-electron chi connectivity index (χ2n) is 5.75. The van der Waals surface area contributed by atoms with Gasteiger partial charge < -0.3 is 15.4 Å². The molecular weight excluding hydrogens is 391 g/mol. The molecule has 2 amide bonds. The maximum absolute atomic E-state index is 12.2. The van der Waals surface area contributed by atoms with Crippen LogP contribution >= 0.6 is 23.2 Å². The topological polar surface area (TPSA) is 84.5 Å². The van der Waals surface area contributed by atoms with Crippen molar-refractivity contribution in [1.29, 1.82) is 0 Å². The third-order valence-corrected chi connectivity index (χ3v) is 4.15. The van der Waals surface area contributed by atoms with Crippen molar-refractivity contribution in [1.82, 2.24) is 5.32 Å². The van der Waals surface area contributed by atoms with Crippen LogP contribution in [0.2, 0.25) is 10.0 Å². The highest BCUT2D eigenvalue weighted by molar-refractivity contribution is 6.35. The molecule has 0 bridgehead atoms. The molecule has 0 spiro atoms. The normalized spacial score (nSPS) is 12.6. The van der Waals surface area contributed by atoms with Crippen molar-refractivity contribution in [2.24, 2.45) is 0 Å². The van der Waals surface area contributed by atoms with Gasteiger partial charge in [0.2, 0.25) is 0 Å². The fourth-order valence-corrected chi connectivity index (χ4v) is 2.42. The quantitative estimate of drug-likeness (QED) is 0.713. The van der Waals surface area contributed by atoms with Gasteiger partial charge in [-0.05, 0) is 44.2 Å². The molecule has 0 radical (unpaired) electrons. The van der Waals surface area contributed by atoms with E-state index in [-0.39, 0.29) is 0 Å². The number of benzene rings is 2. The third-order valence-electron chi connectivity index (χ3n) is 3.59. The van der Waals surface area contributed by atoms with Gasteiger partial charge in [-0.2, -0.15) is 0 Å². The number of anilines is 1. The molecule has 0 saturated heterocycles. The molecule has 0 aromatic heterocycles. The fraction of sp³-hybridized carbons (Fsp3) is 0.211. The van der Waals surface area contributed by atoms with Crippen LogP contribution in [0.1, 0.15) is 24.2 Å². The third kappa shape index (κ3) is 5.98. The van der Waals surface area contributed by atoms with Crippen LogP contribution in [0.4, 0.5) is 5.69 Å². The van der Waals surface area contributed by atoms with Gasteiger partial charge in [-0.25, -0.2) is 4.79 Å². The maximum Gasteiger partial charge on any atom is 0.329 e. The summed E-state index contributed by atoms with van der Waals surface area (Å²) in [7, 11) is 0.